The zero-order chi connectivity index (χ0) is 17.9. The molecule has 2 aromatic heterocycles. The molecule has 0 amide bonds. The monoisotopic (exact) mass is 351 g/mol. The number of carboxylic acid groups (broad SMARTS) is 1. The summed E-state index contributed by atoms with van der Waals surface area (Å²) < 4.78 is 0. The zero-order valence-electron chi connectivity index (χ0n) is 14.4. The second-order valence-electron chi connectivity index (χ2n) is 6.71. The maximum absolute atomic E-state index is 11.2. The van der Waals surface area contributed by atoms with Crippen molar-refractivity contribution in [2.45, 2.75) is 44.6 Å². The first-order valence-corrected chi connectivity index (χ1v) is 9.01. The molecular formula is C19H21N5O2. The number of hydrogen-bond acceptors (Lipinski definition) is 5. The van der Waals surface area contributed by atoms with E-state index in [-0.39, 0.29) is 5.56 Å². The van der Waals surface area contributed by atoms with Gasteiger partial charge in [-0.25, -0.2) is 9.78 Å². The van der Waals surface area contributed by atoms with Gasteiger partial charge in [0.2, 0.25) is 5.95 Å². The summed E-state index contributed by atoms with van der Waals surface area (Å²) in [5.74, 6) is -0.301. The van der Waals surface area contributed by atoms with Crippen molar-refractivity contribution in [2.75, 3.05) is 4.90 Å². The predicted octanol–water partition coefficient (Wildman–Crippen LogP) is 3.91. The van der Waals surface area contributed by atoms with E-state index >= 15 is 0 Å². The van der Waals surface area contributed by atoms with E-state index in [0.29, 0.717) is 17.6 Å². The second-order valence-corrected chi connectivity index (χ2v) is 6.71. The predicted molar refractivity (Wildman–Crippen MR) is 98.7 cm³/mol. The molecule has 0 aliphatic heterocycles. The van der Waals surface area contributed by atoms with Crippen LogP contribution in [-0.4, -0.2) is 37.3 Å². The summed E-state index contributed by atoms with van der Waals surface area (Å²) in [7, 11) is 0. The lowest BCUT2D eigenvalue weighted by Crippen LogP contribution is -2.32. The Morgan fingerprint density at radius 3 is 2.50 bits per heavy atom. The van der Waals surface area contributed by atoms with E-state index in [1.807, 2.05) is 12.1 Å². The van der Waals surface area contributed by atoms with Crippen LogP contribution in [0.1, 0.15) is 48.9 Å². The van der Waals surface area contributed by atoms with Gasteiger partial charge in [-0.05, 0) is 37.1 Å². The van der Waals surface area contributed by atoms with Crippen LogP contribution in [0.3, 0.4) is 0 Å². The van der Waals surface area contributed by atoms with Crippen LogP contribution in [0.5, 0.6) is 0 Å². The molecule has 1 aliphatic carbocycles. The maximum atomic E-state index is 11.2. The van der Waals surface area contributed by atoms with Gasteiger partial charge in [-0.15, -0.1) is 0 Å². The first-order valence-electron chi connectivity index (χ1n) is 9.01. The van der Waals surface area contributed by atoms with Gasteiger partial charge in [0.05, 0.1) is 17.1 Å². The average molecular weight is 351 g/mol. The van der Waals surface area contributed by atoms with Crippen molar-refractivity contribution in [1.29, 1.82) is 0 Å². The van der Waals surface area contributed by atoms with Gasteiger partial charge in [0.25, 0.3) is 0 Å². The topological polar surface area (TPSA) is 95.0 Å². The van der Waals surface area contributed by atoms with E-state index in [0.717, 1.165) is 23.9 Å². The minimum Gasteiger partial charge on any atom is -0.478 e. The molecule has 26 heavy (non-hydrogen) atoms. The molecule has 0 radical (unpaired) electrons. The van der Waals surface area contributed by atoms with Crippen LogP contribution in [0.15, 0.2) is 36.7 Å². The largest absolute Gasteiger partial charge is 0.478 e. The highest BCUT2D eigenvalue weighted by atomic mass is 16.4. The normalized spacial score (nSPS) is 15.7. The van der Waals surface area contributed by atoms with Gasteiger partial charge in [-0.2, -0.15) is 10.1 Å². The molecule has 0 spiro atoms. The lowest BCUT2D eigenvalue weighted by molar-refractivity contribution is 0.0697. The number of carbonyl (C=O) groups is 1. The van der Waals surface area contributed by atoms with Gasteiger partial charge in [-0.3, -0.25) is 5.10 Å². The fourth-order valence-corrected chi connectivity index (χ4v) is 3.62. The summed E-state index contributed by atoms with van der Waals surface area (Å²) in [5, 5.41) is 17.0. The van der Waals surface area contributed by atoms with Crippen LogP contribution < -0.4 is 4.90 Å². The third-order valence-electron chi connectivity index (χ3n) is 4.98. The molecule has 7 nitrogen and oxygen atoms in total. The number of rotatable bonds is 4. The molecule has 1 aromatic carbocycles. The molecule has 2 N–H and O–H groups in total. The van der Waals surface area contributed by atoms with E-state index < -0.39 is 5.97 Å². The van der Waals surface area contributed by atoms with Crippen molar-refractivity contribution in [3.63, 3.8) is 0 Å². The van der Waals surface area contributed by atoms with Crippen LogP contribution in [0, 0.1) is 0 Å². The van der Waals surface area contributed by atoms with Crippen molar-refractivity contribution in [3.8, 4) is 0 Å². The Bertz CT molecular complexity index is 898. The van der Waals surface area contributed by atoms with Crippen molar-refractivity contribution in [3.05, 3.63) is 42.2 Å². The molecule has 0 atom stereocenters. The number of anilines is 2. The molecule has 1 aliphatic rings. The molecule has 0 bridgehead atoms. The first kappa shape index (κ1) is 16.5. The van der Waals surface area contributed by atoms with Gasteiger partial charge in [0, 0.05) is 17.9 Å². The van der Waals surface area contributed by atoms with E-state index in [4.69, 9.17) is 5.11 Å². The standard InChI is InChI=1S/C19H21N5O2/c25-18(26)13-7-9-16(10-8-13)24(15-5-3-1-2-4-6-15)19-20-11-14-12-21-23-17(14)22-19/h7-12,15H,1-6H2,(H,25,26)(H,20,21,22,23). The Balaban J connectivity index is 1.75. The number of hydrogen-bond donors (Lipinski definition) is 2. The fourth-order valence-electron chi connectivity index (χ4n) is 3.62. The van der Waals surface area contributed by atoms with Gasteiger partial charge >= 0.3 is 5.97 Å². The quantitative estimate of drug-likeness (QED) is 0.692. The zero-order valence-corrected chi connectivity index (χ0v) is 14.4. The van der Waals surface area contributed by atoms with E-state index in [1.165, 1.54) is 25.7 Å². The fraction of sp³-hybridized carbons (Fsp3) is 0.368. The van der Waals surface area contributed by atoms with Crippen LogP contribution in [0.2, 0.25) is 0 Å². The van der Waals surface area contributed by atoms with Crippen LogP contribution in [-0.2, 0) is 0 Å². The number of nitrogens with one attached hydrogen (secondary N) is 1. The minimum absolute atomic E-state index is 0.277. The third-order valence-corrected chi connectivity index (χ3v) is 4.98. The number of H-pyrrole nitrogens is 1. The molecule has 134 valence electrons. The number of carboxylic acids is 1. The van der Waals surface area contributed by atoms with Crippen LogP contribution in [0.4, 0.5) is 11.6 Å². The lowest BCUT2D eigenvalue weighted by atomic mass is 10.1. The van der Waals surface area contributed by atoms with Crippen molar-refractivity contribution >= 4 is 28.6 Å². The van der Waals surface area contributed by atoms with Crippen molar-refractivity contribution < 1.29 is 9.90 Å². The molecule has 0 saturated heterocycles. The SMILES string of the molecule is O=C(O)c1ccc(N(c2ncc3cn[nH]c3n2)C2CCCCCC2)cc1. The number of aromatic nitrogens is 4. The Morgan fingerprint density at radius 1 is 1.08 bits per heavy atom. The first-order chi connectivity index (χ1) is 12.7. The molecule has 3 aromatic rings. The molecule has 1 saturated carbocycles. The van der Waals surface area contributed by atoms with Gasteiger partial charge < -0.3 is 10.0 Å². The number of nitrogens with zero attached hydrogens (tertiary/aromatic N) is 4. The number of fused-ring (bicyclic) bond motifs is 1. The minimum atomic E-state index is -0.923. The summed E-state index contributed by atoms with van der Waals surface area (Å²) >= 11 is 0. The molecule has 2 heterocycles. The molecule has 1 fully saturated rings. The second kappa shape index (κ2) is 7.11. The average Bonchev–Trinajstić information content (AvgIpc) is 2.96. The summed E-state index contributed by atoms with van der Waals surface area (Å²) in [6.45, 7) is 0. The van der Waals surface area contributed by atoms with Gasteiger partial charge in [0.15, 0.2) is 5.65 Å². The smallest absolute Gasteiger partial charge is 0.335 e. The Labute approximate surface area is 151 Å². The summed E-state index contributed by atoms with van der Waals surface area (Å²) in [5.41, 5.74) is 1.90. The summed E-state index contributed by atoms with van der Waals surface area (Å²) in [6, 6.07) is 7.25. The van der Waals surface area contributed by atoms with Crippen LogP contribution >= 0.6 is 0 Å². The van der Waals surface area contributed by atoms with E-state index in [2.05, 4.69) is 25.1 Å². The summed E-state index contributed by atoms with van der Waals surface area (Å²) in [6.07, 6.45) is 10.5. The molecule has 4 rings (SSSR count). The lowest BCUT2D eigenvalue weighted by Gasteiger charge is -2.31. The highest BCUT2D eigenvalue weighted by molar-refractivity contribution is 5.88. The Kier molecular flexibility index (Phi) is 4.51. The highest BCUT2D eigenvalue weighted by Crippen LogP contribution is 2.32. The Morgan fingerprint density at radius 2 is 1.81 bits per heavy atom. The van der Waals surface area contributed by atoms with Crippen molar-refractivity contribution in [1.82, 2.24) is 20.2 Å². The third kappa shape index (κ3) is 3.24. The van der Waals surface area contributed by atoms with Crippen molar-refractivity contribution in [2.24, 2.45) is 0 Å². The maximum Gasteiger partial charge on any atom is 0.335 e. The van der Waals surface area contributed by atoms with E-state index in [1.54, 1.807) is 24.5 Å². The van der Waals surface area contributed by atoms with Gasteiger partial charge in [-0.1, -0.05) is 25.7 Å². The van der Waals surface area contributed by atoms with E-state index in [9.17, 15) is 4.79 Å². The Hall–Kier alpha value is -2.96. The molecule has 7 heteroatoms. The number of aromatic amines is 1. The molecular weight excluding hydrogens is 330 g/mol. The highest BCUT2D eigenvalue weighted by Gasteiger charge is 2.24. The number of benzene rings is 1. The molecule has 0 unspecified atom stereocenters. The number of aromatic carboxylic acids is 1. The van der Waals surface area contributed by atoms with Crippen LogP contribution in [0.25, 0.3) is 11.0 Å². The van der Waals surface area contributed by atoms with Gasteiger partial charge in [0.1, 0.15) is 0 Å². The summed E-state index contributed by atoms with van der Waals surface area (Å²) in [4.78, 5) is 22.5.